The van der Waals surface area contributed by atoms with Crippen molar-refractivity contribution >= 4 is 22.7 Å². The quantitative estimate of drug-likeness (QED) is 0.576. The first-order valence-corrected chi connectivity index (χ1v) is 6.96. The number of aromatic nitrogens is 2. The van der Waals surface area contributed by atoms with Crippen molar-refractivity contribution in [2.45, 2.75) is 26.7 Å². The number of hydrogen-bond donors (Lipinski definition) is 3. The highest BCUT2D eigenvalue weighted by molar-refractivity contribution is 5.91. The molecule has 0 saturated heterocycles. The monoisotopic (exact) mass is 284 g/mol. The van der Waals surface area contributed by atoms with E-state index in [1.165, 1.54) is 0 Å². The highest BCUT2D eigenvalue weighted by Crippen LogP contribution is 2.23. The number of hydrogen-bond acceptors (Lipinski definition) is 5. The van der Waals surface area contributed by atoms with Crippen molar-refractivity contribution in [3.63, 3.8) is 0 Å². The van der Waals surface area contributed by atoms with Gasteiger partial charge in [0.25, 0.3) is 0 Å². The Bertz CT molecular complexity index is 687. The maximum atomic E-state index is 9.00. The van der Waals surface area contributed by atoms with E-state index >= 15 is 0 Å². The van der Waals surface area contributed by atoms with Gasteiger partial charge in [0.2, 0.25) is 5.95 Å². The standard InChI is InChI=1S/C16H20N4O/c1-3-4-5-12(8-9-21)18-15-13-7-6-11(2)10-14(13)19-16(17)20-15/h5-10,21H,3-4H2,1-2H3,(H3,17,18,19,20)/b9-8?,12-5+. The molecule has 5 nitrogen and oxygen atoms in total. The Balaban J connectivity index is 2.45. The number of nitrogens with two attached hydrogens (primary N) is 1. The maximum absolute atomic E-state index is 9.00. The van der Waals surface area contributed by atoms with Crippen LogP contribution in [-0.2, 0) is 0 Å². The number of aliphatic hydroxyl groups is 1. The van der Waals surface area contributed by atoms with E-state index in [2.05, 4.69) is 22.2 Å². The topological polar surface area (TPSA) is 84.1 Å². The first-order chi connectivity index (χ1) is 10.1. The summed E-state index contributed by atoms with van der Waals surface area (Å²) in [5, 5.41) is 13.1. The average molecular weight is 284 g/mol. The second kappa shape index (κ2) is 6.74. The summed E-state index contributed by atoms with van der Waals surface area (Å²) in [7, 11) is 0. The number of fused-ring (bicyclic) bond motifs is 1. The van der Waals surface area contributed by atoms with Crippen LogP contribution in [0.1, 0.15) is 25.3 Å². The summed E-state index contributed by atoms with van der Waals surface area (Å²) in [5.41, 5.74) is 8.47. The molecule has 0 radical (unpaired) electrons. The van der Waals surface area contributed by atoms with E-state index in [0.717, 1.165) is 41.3 Å². The molecule has 5 heteroatoms. The second-order valence-electron chi connectivity index (χ2n) is 4.84. The van der Waals surface area contributed by atoms with E-state index < -0.39 is 0 Å². The fourth-order valence-electron chi connectivity index (χ4n) is 2.03. The van der Waals surface area contributed by atoms with Gasteiger partial charge in [0.15, 0.2) is 0 Å². The fraction of sp³-hybridized carbons (Fsp3) is 0.250. The predicted molar refractivity (Wildman–Crippen MR) is 87.1 cm³/mol. The van der Waals surface area contributed by atoms with Gasteiger partial charge in [-0.25, -0.2) is 4.98 Å². The number of unbranched alkanes of at least 4 members (excludes halogenated alkanes) is 1. The summed E-state index contributed by atoms with van der Waals surface area (Å²) in [6.07, 6.45) is 6.53. The SMILES string of the molecule is CCC/C=C(\C=CO)Nc1nc(N)nc2cc(C)ccc12. The van der Waals surface area contributed by atoms with Gasteiger partial charge < -0.3 is 16.2 Å². The summed E-state index contributed by atoms with van der Waals surface area (Å²) in [6.45, 7) is 4.10. The van der Waals surface area contributed by atoms with Crippen LogP contribution in [0.25, 0.3) is 10.9 Å². The maximum Gasteiger partial charge on any atom is 0.222 e. The summed E-state index contributed by atoms with van der Waals surface area (Å²) in [4.78, 5) is 8.51. The minimum atomic E-state index is 0.221. The third-order valence-corrected chi connectivity index (χ3v) is 3.04. The van der Waals surface area contributed by atoms with Crippen LogP contribution in [0.4, 0.5) is 11.8 Å². The van der Waals surface area contributed by atoms with Crippen LogP contribution < -0.4 is 11.1 Å². The summed E-state index contributed by atoms with van der Waals surface area (Å²) in [6, 6.07) is 5.94. The van der Waals surface area contributed by atoms with Gasteiger partial charge in [-0.15, -0.1) is 0 Å². The van der Waals surface area contributed by atoms with Crippen molar-refractivity contribution in [3.8, 4) is 0 Å². The van der Waals surface area contributed by atoms with Crippen LogP contribution in [0.3, 0.4) is 0 Å². The molecule has 0 fully saturated rings. The zero-order valence-corrected chi connectivity index (χ0v) is 12.3. The molecule has 0 saturated carbocycles. The van der Waals surface area contributed by atoms with Crippen LogP contribution in [-0.4, -0.2) is 15.1 Å². The Kier molecular flexibility index (Phi) is 4.77. The number of nitrogen functional groups attached to an aromatic ring is 1. The van der Waals surface area contributed by atoms with E-state index in [-0.39, 0.29) is 5.95 Å². The molecule has 4 N–H and O–H groups in total. The van der Waals surface area contributed by atoms with E-state index in [1.54, 1.807) is 6.08 Å². The lowest BCUT2D eigenvalue weighted by atomic mass is 10.1. The average Bonchev–Trinajstić information content (AvgIpc) is 2.44. The minimum Gasteiger partial charge on any atom is -0.516 e. The van der Waals surface area contributed by atoms with Crippen molar-refractivity contribution in [2.24, 2.45) is 0 Å². The molecule has 21 heavy (non-hydrogen) atoms. The number of aliphatic hydroxyl groups excluding tert-OH is 1. The molecule has 1 heterocycles. The van der Waals surface area contributed by atoms with Crippen LogP contribution in [0, 0.1) is 6.92 Å². The summed E-state index contributed by atoms with van der Waals surface area (Å²) in [5.74, 6) is 0.858. The Labute approximate surface area is 124 Å². The first-order valence-electron chi connectivity index (χ1n) is 6.96. The highest BCUT2D eigenvalue weighted by atomic mass is 16.2. The number of rotatable bonds is 5. The van der Waals surface area contributed by atoms with Crippen molar-refractivity contribution in [2.75, 3.05) is 11.1 Å². The summed E-state index contributed by atoms with van der Waals surface area (Å²) >= 11 is 0. The van der Waals surface area contributed by atoms with Gasteiger partial charge in [-0.1, -0.05) is 25.5 Å². The molecule has 0 unspecified atom stereocenters. The number of nitrogens with one attached hydrogen (secondary N) is 1. The highest BCUT2D eigenvalue weighted by Gasteiger charge is 2.07. The third kappa shape index (κ3) is 3.72. The van der Waals surface area contributed by atoms with Crippen molar-refractivity contribution < 1.29 is 5.11 Å². The van der Waals surface area contributed by atoms with E-state index in [4.69, 9.17) is 10.8 Å². The molecule has 0 aliphatic rings. The normalized spacial score (nSPS) is 12.2. The molecule has 0 atom stereocenters. The third-order valence-electron chi connectivity index (χ3n) is 3.04. The summed E-state index contributed by atoms with van der Waals surface area (Å²) < 4.78 is 0. The molecule has 2 aromatic rings. The van der Waals surface area contributed by atoms with Crippen LogP contribution >= 0.6 is 0 Å². The van der Waals surface area contributed by atoms with Crippen LogP contribution in [0.15, 0.2) is 42.3 Å². The van der Waals surface area contributed by atoms with Gasteiger partial charge >= 0.3 is 0 Å². The molecule has 0 amide bonds. The largest absolute Gasteiger partial charge is 0.516 e. The van der Waals surface area contributed by atoms with Gasteiger partial charge in [-0.3, -0.25) is 0 Å². The number of nitrogens with zero attached hydrogens (tertiary/aromatic N) is 2. The molecule has 0 bridgehead atoms. The fourth-order valence-corrected chi connectivity index (χ4v) is 2.03. The predicted octanol–water partition coefficient (Wildman–Crippen LogP) is 3.69. The van der Waals surface area contributed by atoms with Gasteiger partial charge in [-0.05, 0) is 37.1 Å². The zero-order valence-electron chi connectivity index (χ0n) is 12.3. The van der Waals surface area contributed by atoms with Gasteiger partial charge in [0.1, 0.15) is 5.82 Å². The lowest BCUT2D eigenvalue weighted by Gasteiger charge is -2.10. The second-order valence-corrected chi connectivity index (χ2v) is 4.84. The number of benzene rings is 1. The van der Waals surface area contributed by atoms with Gasteiger partial charge in [0, 0.05) is 11.1 Å². The molecular formula is C16H20N4O. The molecule has 1 aromatic carbocycles. The van der Waals surface area contributed by atoms with E-state index in [1.807, 2.05) is 31.2 Å². The Morgan fingerprint density at radius 1 is 1.38 bits per heavy atom. The molecular weight excluding hydrogens is 264 g/mol. The van der Waals surface area contributed by atoms with Crippen molar-refractivity contribution in [1.29, 1.82) is 0 Å². The molecule has 2 rings (SSSR count). The van der Waals surface area contributed by atoms with E-state index in [0.29, 0.717) is 5.82 Å². The number of anilines is 2. The van der Waals surface area contributed by atoms with Crippen LogP contribution in [0.2, 0.25) is 0 Å². The molecule has 0 spiro atoms. The molecule has 0 aliphatic heterocycles. The van der Waals surface area contributed by atoms with Crippen LogP contribution in [0.5, 0.6) is 0 Å². The Morgan fingerprint density at radius 3 is 2.90 bits per heavy atom. The number of allylic oxidation sites excluding steroid dienone is 2. The zero-order chi connectivity index (χ0) is 15.2. The lowest BCUT2D eigenvalue weighted by Crippen LogP contribution is -2.04. The van der Waals surface area contributed by atoms with Crippen molar-refractivity contribution in [1.82, 2.24) is 9.97 Å². The Morgan fingerprint density at radius 2 is 2.19 bits per heavy atom. The van der Waals surface area contributed by atoms with Gasteiger partial charge in [0.05, 0.1) is 11.8 Å². The first kappa shape index (κ1) is 14.8. The smallest absolute Gasteiger partial charge is 0.222 e. The molecule has 110 valence electrons. The molecule has 0 aliphatic carbocycles. The Hall–Kier alpha value is -2.56. The lowest BCUT2D eigenvalue weighted by molar-refractivity contribution is 0.473. The molecule has 1 aromatic heterocycles. The van der Waals surface area contributed by atoms with E-state index in [9.17, 15) is 0 Å². The number of aryl methyl sites for hydroxylation is 1. The van der Waals surface area contributed by atoms with Gasteiger partial charge in [-0.2, -0.15) is 4.98 Å². The van der Waals surface area contributed by atoms with Crippen molar-refractivity contribution in [3.05, 3.63) is 47.9 Å². The minimum absolute atomic E-state index is 0.221.